The molecule has 9 nitrogen and oxygen atoms in total. The average molecular weight is 345 g/mol. The number of carbonyl (C=O) groups excluding carboxylic acids is 1. The van der Waals surface area contributed by atoms with Crippen molar-refractivity contribution in [1.29, 1.82) is 0 Å². The van der Waals surface area contributed by atoms with Crippen molar-refractivity contribution >= 4 is 17.7 Å². The van der Waals surface area contributed by atoms with Crippen molar-refractivity contribution in [2.24, 2.45) is 0 Å². The van der Waals surface area contributed by atoms with Crippen LogP contribution in [0.3, 0.4) is 0 Å². The molecule has 0 spiro atoms. The molecular weight excluding hydrogens is 322 g/mol. The summed E-state index contributed by atoms with van der Waals surface area (Å²) in [6.45, 7) is 7.14. The van der Waals surface area contributed by atoms with Crippen molar-refractivity contribution in [3.8, 4) is 0 Å². The molecular formula is C16H23N7O2. The van der Waals surface area contributed by atoms with E-state index in [9.17, 15) is 9.59 Å². The summed E-state index contributed by atoms with van der Waals surface area (Å²) in [5.41, 5.74) is 6.87. The van der Waals surface area contributed by atoms with Crippen molar-refractivity contribution in [3.05, 3.63) is 33.9 Å². The number of hydrogen-bond donors (Lipinski definition) is 2. The number of aromatic nitrogens is 4. The Morgan fingerprint density at radius 3 is 2.68 bits per heavy atom. The second-order valence-corrected chi connectivity index (χ2v) is 6.13. The van der Waals surface area contributed by atoms with E-state index >= 15 is 0 Å². The lowest BCUT2D eigenvalue weighted by molar-refractivity contribution is 0.0745. The van der Waals surface area contributed by atoms with Crippen molar-refractivity contribution < 1.29 is 4.79 Å². The van der Waals surface area contributed by atoms with Crippen molar-refractivity contribution in [3.63, 3.8) is 0 Å². The summed E-state index contributed by atoms with van der Waals surface area (Å²) < 4.78 is 1.87. The first kappa shape index (κ1) is 17.0. The standard InChI is InChI=1S/C16H23N7O2/c1-3-4-23-11(2)12(10-18-23)15(25)22-7-5-21(6-8-22)13-9-14(24)20-16(17)19-13/h9-10H,3-8H2,1-2H3,(H3,17,19,20,24). The summed E-state index contributed by atoms with van der Waals surface area (Å²) in [6.07, 6.45) is 2.62. The zero-order chi connectivity index (χ0) is 18.0. The Balaban J connectivity index is 1.67. The van der Waals surface area contributed by atoms with Crippen LogP contribution >= 0.6 is 0 Å². The van der Waals surface area contributed by atoms with Crippen LogP contribution in [0.25, 0.3) is 0 Å². The highest BCUT2D eigenvalue weighted by molar-refractivity contribution is 5.95. The maximum absolute atomic E-state index is 12.8. The maximum Gasteiger partial charge on any atom is 0.257 e. The molecule has 0 saturated carbocycles. The van der Waals surface area contributed by atoms with Gasteiger partial charge in [-0.05, 0) is 13.3 Å². The molecule has 3 heterocycles. The number of rotatable bonds is 4. The molecule has 0 unspecified atom stereocenters. The Morgan fingerprint density at radius 2 is 2.04 bits per heavy atom. The fourth-order valence-electron chi connectivity index (χ4n) is 3.03. The van der Waals surface area contributed by atoms with Gasteiger partial charge in [-0.1, -0.05) is 6.92 Å². The second-order valence-electron chi connectivity index (χ2n) is 6.13. The summed E-state index contributed by atoms with van der Waals surface area (Å²) in [4.78, 5) is 34.6. The van der Waals surface area contributed by atoms with Gasteiger partial charge in [0.2, 0.25) is 5.95 Å². The minimum absolute atomic E-state index is 0.00196. The highest BCUT2D eigenvalue weighted by Gasteiger charge is 2.25. The smallest absolute Gasteiger partial charge is 0.257 e. The quantitative estimate of drug-likeness (QED) is 0.820. The van der Waals surface area contributed by atoms with Gasteiger partial charge >= 0.3 is 0 Å². The maximum atomic E-state index is 12.8. The third-order valence-corrected chi connectivity index (χ3v) is 4.41. The first-order chi connectivity index (χ1) is 12.0. The van der Waals surface area contributed by atoms with Crippen molar-refractivity contribution in [1.82, 2.24) is 24.6 Å². The van der Waals surface area contributed by atoms with Gasteiger partial charge in [-0.2, -0.15) is 10.1 Å². The van der Waals surface area contributed by atoms with Gasteiger partial charge in [0, 0.05) is 44.5 Å². The number of aromatic amines is 1. The van der Waals surface area contributed by atoms with E-state index in [0.29, 0.717) is 37.6 Å². The average Bonchev–Trinajstić information content (AvgIpc) is 2.95. The highest BCUT2D eigenvalue weighted by Crippen LogP contribution is 2.16. The Hall–Kier alpha value is -2.84. The van der Waals surface area contributed by atoms with Crippen LogP contribution in [0.4, 0.5) is 11.8 Å². The molecule has 3 N–H and O–H groups in total. The number of aryl methyl sites for hydroxylation is 1. The van der Waals surface area contributed by atoms with E-state index in [1.807, 2.05) is 21.4 Å². The van der Waals surface area contributed by atoms with Crippen LogP contribution in [0.1, 0.15) is 29.4 Å². The number of nitrogen functional groups attached to an aromatic ring is 1. The molecule has 1 fully saturated rings. The Kier molecular flexibility index (Phi) is 4.73. The zero-order valence-corrected chi connectivity index (χ0v) is 14.5. The molecule has 25 heavy (non-hydrogen) atoms. The topological polar surface area (TPSA) is 113 Å². The second kappa shape index (κ2) is 6.96. The molecule has 0 aliphatic carbocycles. The Labute approximate surface area is 145 Å². The summed E-state index contributed by atoms with van der Waals surface area (Å²) >= 11 is 0. The summed E-state index contributed by atoms with van der Waals surface area (Å²) in [7, 11) is 0. The van der Waals surface area contributed by atoms with Gasteiger partial charge in [-0.15, -0.1) is 0 Å². The molecule has 1 saturated heterocycles. The molecule has 9 heteroatoms. The number of nitrogens with two attached hydrogens (primary N) is 1. The van der Waals surface area contributed by atoms with E-state index in [1.165, 1.54) is 6.07 Å². The SMILES string of the molecule is CCCn1ncc(C(=O)N2CCN(c3cc(=O)[nH]c(N)n3)CC2)c1C. The van der Waals surface area contributed by atoms with Gasteiger partial charge in [0.1, 0.15) is 5.82 Å². The molecule has 0 aromatic carbocycles. The number of nitrogens with zero attached hydrogens (tertiary/aromatic N) is 5. The van der Waals surface area contributed by atoms with Gasteiger partial charge < -0.3 is 15.5 Å². The zero-order valence-electron chi connectivity index (χ0n) is 14.5. The summed E-state index contributed by atoms with van der Waals surface area (Å²) in [5, 5.41) is 4.30. The van der Waals surface area contributed by atoms with E-state index in [4.69, 9.17) is 5.73 Å². The largest absolute Gasteiger partial charge is 0.369 e. The van der Waals surface area contributed by atoms with E-state index in [-0.39, 0.29) is 17.4 Å². The molecule has 0 bridgehead atoms. The third kappa shape index (κ3) is 3.49. The lowest BCUT2D eigenvalue weighted by Crippen LogP contribution is -2.49. The normalized spacial score (nSPS) is 14.8. The van der Waals surface area contributed by atoms with Gasteiger partial charge in [0.05, 0.1) is 11.8 Å². The number of anilines is 2. The van der Waals surface area contributed by atoms with Crippen LogP contribution in [0.5, 0.6) is 0 Å². The summed E-state index contributed by atoms with van der Waals surface area (Å²) in [5.74, 6) is 0.637. The molecule has 2 aromatic heterocycles. The number of carbonyl (C=O) groups is 1. The minimum Gasteiger partial charge on any atom is -0.369 e. The number of hydrogen-bond acceptors (Lipinski definition) is 6. The van der Waals surface area contributed by atoms with Crippen LogP contribution in [-0.2, 0) is 6.54 Å². The lowest BCUT2D eigenvalue weighted by atomic mass is 10.2. The van der Waals surface area contributed by atoms with E-state index < -0.39 is 0 Å². The Morgan fingerprint density at radius 1 is 1.32 bits per heavy atom. The molecule has 0 radical (unpaired) electrons. The predicted molar refractivity (Wildman–Crippen MR) is 94.6 cm³/mol. The number of H-pyrrole nitrogens is 1. The predicted octanol–water partition coefficient (Wildman–Crippen LogP) is 0.229. The summed E-state index contributed by atoms with van der Waals surface area (Å²) in [6, 6.07) is 1.42. The van der Waals surface area contributed by atoms with Crippen LogP contribution in [0.2, 0.25) is 0 Å². The van der Waals surface area contributed by atoms with E-state index in [0.717, 1.165) is 18.7 Å². The minimum atomic E-state index is -0.278. The van der Waals surface area contributed by atoms with Gasteiger partial charge in [0.15, 0.2) is 0 Å². The van der Waals surface area contributed by atoms with Crippen molar-refractivity contribution in [2.45, 2.75) is 26.8 Å². The van der Waals surface area contributed by atoms with Crippen LogP contribution in [0.15, 0.2) is 17.1 Å². The molecule has 134 valence electrons. The monoisotopic (exact) mass is 345 g/mol. The fourth-order valence-corrected chi connectivity index (χ4v) is 3.03. The first-order valence-electron chi connectivity index (χ1n) is 8.43. The third-order valence-electron chi connectivity index (χ3n) is 4.41. The number of nitrogens with one attached hydrogen (secondary N) is 1. The highest BCUT2D eigenvalue weighted by atomic mass is 16.2. The van der Waals surface area contributed by atoms with Crippen LogP contribution < -0.4 is 16.2 Å². The van der Waals surface area contributed by atoms with E-state index in [2.05, 4.69) is 22.0 Å². The Bertz CT molecular complexity index is 818. The van der Waals surface area contributed by atoms with Gasteiger partial charge in [0.25, 0.3) is 11.5 Å². The molecule has 2 aromatic rings. The van der Waals surface area contributed by atoms with Crippen LogP contribution in [0, 0.1) is 6.92 Å². The van der Waals surface area contributed by atoms with Gasteiger partial charge in [-0.3, -0.25) is 19.3 Å². The fraction of sp³-hybridized carbons (Fsp3) is 0.500. The molecule has 0 atom stereocenters. The molecule has 1 aliphatic heterocycles. The van der Waals surface area contributed by atoms with Crippen LogP contribution in [-0.4, -0.2) is 56.7 Å². The lowest BCUT2D eigenvalue weighted by Gasteiger charge is -2.35. The molecule has 1 aliphatic rings. The van der Waals surface area contributed by atoms with Crippen molar-refractivity contribution in [2.75, 3.05) is 36.8 Å². The van der Waals surface area contributed by atoms with E-state index in [1.54, 1.807) is 6.20 Å². The van der Waals surface area contributed by atoms with Gasteiger partial charge in [-0.25, -0.2) is 0 Å². The molecule has 3 rings (SSSR count). The number of piperazine rings is 1. The first-order valence-corrected chi connectivity index (χ1v) is 8.43. The molecule has 1 amide bonds. The number of amides is 1.